The fourth-order valence-electron chi connectivity index (χ4n) is 3.44. The first-order valence-corrected chi connectivity index (χ1v) is 9.91. The summed E-state index contributed by atoms with van der Waals surface area (Å²) in [6.45, 7) is 15.5. The van der Waals surface area contributed by atoms with Crippen molar-refractivity contribution >= 4 is 6.03 Å². The SMILES string of the molecule is CCCNC(=O)N(Cc1nccn1Cc1c(C)cc(C)cc1C)CC(C)C. The van der Waals surface area contributed by atoms with Gasteiger partial charge in [-0.3, -0.25) is 0 Å². The number of nitrogens with zero attached hydrogens (tertiary/aromatic N) is 3. The number of aryl methyl sites for hydroxylation is 3. The molecule has 0 saturated carbocycles. The van der Waals surface area contributed by atoms with Crippen LogP contribution < -0.4 is 5.32 Å². The largest absolute Gasteiger partial charge is 0.338 e. The molecule has 148 valence electrons. The van der Waals surface area contributed by atoms with Crippen LogP contribution in [0.1, 0.15) is 55.3 Å². The van der Waals surface area contributed by atoms with Crippen LogP contribution >= 0.6 is 0 Å². The van der Waals surface area contributed by atoms with Gasteiger partial charge >= 0.3 is 6.03 Å². The molecule has 0 unspecified atom stereocenters. The van der Waals surface area contributed by atoms with Gasteiger partial charge in [-0.2, -0.15) is 0 Å². The smallest absolute Gasteiger partial charge is 0.317 e. The lowest BCUT2D eigenvalue weighted by Crippen LogP contribution is -2.42. The zero-order chi connectivity index (χ0) is 20.0. The van der Waals surface area contributed by atoms with Gasteiger partial charge in [-0.1, -0.05) is 38.5 Å². The summed E-state index contributed by atoms with van der Waals surface area (Å²) >= 11 is 0. The Bertz CT molecular complexity index is 740. The second-order valence-corrected chi connectivity index (χ2v) is 7.85. The Morgan fingerprint density at radius 3 is 2.48 bits per heavy atom. The van der Waals surface area contributed by atoms with E-state index in [1.165, 1.54) is 22.3 Å². The molecule has 2 rings (SSSR count). The van der Waals surface area contributed by atoms with Gasteiger partial charge in [0.25, 0.3) is 0 Å². The van der Waals surface area contributed by atoms with E-state index in [9.17, 15) is 4.79 Å². The van der Waals surface area contributed by atoms with E-state index >= 15 is 0 Å². The number of carbonyl (C=O) groups excluding carboxylic acids is 1. The number of benzene rings is 1. The monoisotopic (exact) mass is 370 g/mol. The van der Waals surface area contributed by atoms with E-state index in [4.69, 9.17) is 0 Å². The first-order valence-electron chi connectivity index (χ1n) is 9.91. The lowest BCUT2D eigenvalue weighted by Gasteiger charge is -2.25. The van der Waals surface area contributed by atoms with Gasteiger partial charge in [0, 0.05) is 32.0 Å². The van der Waals surface area contributed by atoms with E-state index in [0.717, 1.165) is 18.8 Å². The van der Waals surface area contributed by atoms with Crippen molar-refractivity contribution in [1.29, 1.82) is 0 Å². The summed E-state index contributed by atoms with van der Waals surface area (Å²) in [5, 5.41) is 2.99. The molecule has 0 radical (unpaired) electrons. The summed E-state index contributed by atoms with van der Waals surface area (Å²) in [5.41, 5.74) is 5.21. The second-order valence-electron chi connectivity index (χ2n) is 7.85. The lowest BCUT2D eigenvalue weighted by atomic mass is 10.00. The van der Waals surface area contributed by atoms with Gasteiger partial charge < -0.3 is 14.8 Å². The van der Waals surface area contributed by atoms with Gasteiger partial charge in [0.15, 0.2) is 0 Å². The number of aromatic nitrogens is 2. The number of nitrogens with one attached hydrogen (secondary N) is 1. The first-order chi connectivity index (χ1) is 12.8. The lowest BCUT2D eigenvalue weighted by molar-refractivity contribution is 0.185. The molecule has 1 N–H and O–H groups in total. The molecule has 5 nitrogen and oxygen atoms in total. The predicted molar refractivity (Wildman–Crippen MR) is 111 cm³/mol. The molecule has 0 atom stereocenters. The highest BCUT2D eigenvalue weighted by atomic mass is 16.2. The molecule has 1 heterocycles. The maximum atomic E-state index is 12.6. The molecule has 0 aliphatic carbocycles. The van der Waals surface area contributed by atoms with Crippen LogP contribution in [0.4, 0.5) is 4.79 Å². The molecule has 0 aliphatic heterocycles. The minimum atomic E-state index is -0.0113. The molecule has 0 aliphatic rings. The molecule has 0 bridgehead atoms. The molecular weight excluding hydrogens is 336 g/mol. The van der Waals surface area contributed by atoms with Crippen LogP contribution in [0.15, 0.2) is 24.5 Å². The predicted octanol–water partition coefficient (Wildman–Crippen LogP) is 4.43. The number of hydrogen-bond donors (Lipinski definition) is 1. The highest BCUT2D eigenvalue weighted by Gasteiger charge is 2.18. The summed E-state index contributed by atoms with van der Waals surface area (Å²) < 4.78 is 2.16. The summed E-state index contributed by atoms with van der Waals surface area (Å²) in [6, 6.07) is 4.44. The third-order valence-electron chi connectivity index (χ3n) is 4.70. The summed E-state index contributed by atoms with van der Waals surface area (Å²) in [6.07, 6.45) is 4.76. The molecule has 1 aromatic carbocycles. The molecule has 27 heavy (non-hydrogen) atoms. The van der Waals surface area contributed by atoms with E-state index in [1.54, 1.807) is 0 Å². The number of amides is 2. The molecular formula is C22H34N4O. The maximum Gasteiger partial charge on any atom is 0.317 e. The third kappa shape index (κ3) is 5.84. The highest BCUT2D eigenvalue weighted by Crippen LogP contribution is 2.19. The molecule has 1 aromatic heterocycles. The van der Waals surface area contributed by atoms with Gasteiger partial charge in [-0.25, -0.2) is 9.78 Å². The number of hydrogen-bond acceptors (Lipinski definition) is 2. The van der Waals surface area contributed by atoms with Crippen LogP contribution in [0, 0.1) is 26.7 Å². The van der Waals surface area contributed by atoms with Crippen LogP contribution in [0.5, 0.6) is 0 Å². The van der Waals surface area contributed by atoms with Crippen LogP contribution in [0.25, 0.3) is 0 Å². The normalized spacial score (nSPS) is 11.1. The molecule has 0 fully saturated rings. The summed E-state index contributed by atoms with van der Waals surface area (Å²) in [7, 11) is 0. The summed E-state index contributed by atoms with van der Waals surface area (Å²) in [5.74, 6) is 1.32. The van der Waals surface area contributed by atoms with Crippen molar-refractivity contribution in [3.8, 4) is 0 Å². The van der Waals surface area contributed by atoms with E-state index in [-0.39, 0.29) is 6.03 Å². The average Bonchev–Trinajstić information content (AvgIpc) is 3.01. The minimum Gasteiger partial charge on any atom is -0.338 e. The van der Waals surface area contributed by atoms with Crippen LogP contribution in [-0.2, 0) is 13.1 Å². The van der Waals surface area contributed by atoms with E-state index in [0.29, 0.717) is 25.6 Å². The quantitative estimate of drug-likeness (QED) is 0.747. The van der Waals surface area contributed by atoms with Gasteiger partial charge in [0.1, 0.15) is 5.82 Å². The van der Waals surface area contributed by atoms with E-state index in [2.05, 4.69) is 68.5 Å². The average molecular weight is 371 g/mol. The standard InChI is InChI=1S/C22H34N4O/c1-7-8-24-22(27)26(13-16(2)3)15-21-23-9-10-25(21)14-20-18(5)11-17(4)12-19(20)6/h9-12,16H,7-8,13-15H2,1-6H3,(H,24,27). The zero-order valence-electron chi connectivity index (χ0n) is 17.7. The Labute approximate surface area is 163 Å². The zero-order valence-corrected chi connectivity index (χ0v) is 17.7. The molecule has 0 spiro atoms. The van der Waals surface area contributed by atoms with Crippen molar-refractivity contribution in [3.63, 3.8) is 0 Å². The van der Waals surface area contributed by atoms with Gasteiger partial charge in [-0.15, -0.1) is 0 Å². The number of imidazole rings is 1. The Morgan fingerprint density at radius 2 is 1.89 bits per heavy atom. The minimum absolute atomic E-state index is 0.0113. The fourth-order valence-corrected chi connectivity index (χ4v) is 3.44. The van der Waals surface area contributed by atoms with Gasteiger partial charge in [-0.05, 0) is 49.8 Å². The summed E-state index contributed by atoms with van der Waals surface area (Å²) in [4.78, 5) is 19.0. The first kappa shape index (κ1) is 21.0. The maximum absolute atomic E-state index is 12.6. The van der Waals surface area contributed by atoms with Crippen LogP contribution in [0.2, 0.25) is 0 Å². The van der Waals surface area contributed by atoms with Crippen molar-refractivity contribution in [2.45, 2.75) is 61.1 Å². The van der Waals surface area contributed by atoms with Crippen molar-refractivity contribution in [3.05, 3.63) is 52.6 Å². The number of urea groups is 1. The Kier molecular flexibility index (Phi) is 7.45. The van der Waals surface area contributed by atoms with Crippen LogP contribution in [0.3, 0.4) is 0 Å². The van der Waals surface area contributed by atoms with Gasteiger partial charge in [0.2, 0.25) is 0 Å². The second kappa shape index (κ2) is 9.58. The van der Waals surface area contributed by atoms with Gasteiger partial charge in [0.05, 0.1) is 6.54 Å². The van der Waals surface area contributed by atoms with Crippen LogP contribution in [-0.4, -0.2) is 33.6 Å². The Morgan fingerprint density at radius 1 is 1.22 bits per heavy atom. The Hall–Kier alpha value is -2.30. The topological polar surface area (TPSA) is 50.2 Å². The molecule has 5 heteroatoms. The van der Waals surface area contributed by atoms with Crippen molar-refractivity contribution in [2.24, 2.45) is 5.92 Å². The Balaban J connectivity index is 2.20. The van der Waals surface area contributed by atoms with E-state index < -0.39 is 0 Å². The molecule has 2 amide bonds. The number of rotatable bonds is 8. The van der Waals surface area contributed by atoms with Crippen molar-refractivity contribution in [1.82, 2.24) is 19.8 Å². The highest BCUT2D eigenvalue weighted by molar-refractivity contribution is 5.74. The van der Waals surface area contributed by atoms with Crippen molar-refractivity contribution in [2.75, 3.05) is 13.1 Å². The van der Waals surface area contributed by atoms with Crippen molar-refractivity contribution < 1.29 is 4.79 Å². The third-order valence-corrected chi connectivity index (χ3v) is 4.70. The molecule has 2 aromatic rings. The number of carbonyl (C=O) groups is 1. The molecule has 0 saturated heterocycles. The van der Waals surface area contributed by atoms with E-state index in [1.807, 2.05) is 17.3 Å². The fraction of sp³-hybridized carbons (Fsp3) is 0.545.